The van der Waals surface area contributed by atoms with Gasteiger partial charge in [-0.3, -0.25) is 4.98 Å². The number of likely N-dealkylation sites (tertiary alicyclic amines) is 1. The fraction of sp³-hybridized carbons (Fsp3) is 0.556. The van der Waals surface area contributed by atoms with Crippen molar-refractivity contribution in [2.24, 2.45) is 5.92 Å². The van der Waals surface area contributed by atoms with E-state index in [1.165, 1.54) is 44.9 Å². The quantitative estimate of drug-likeness (QED) is 0.455. The van der Waals surface area contributed by atoms with Gasteiger partial charge in [-0.2, -0.15) is 0 Å². The molecule has 1 aromatic heterocycles. The number of benzene rings is 1. The van der Waals surface area contributed by atoms with Gasteiger partial charge in [-0.1, -0.05) is 38.5 Å². The third-order valence-electron chi connectivity index (χ3n) is 6.77. The fourth-order valence-corrected chi connectivity index (χ4v) is 4.82. The molecule has 4 rings (SSSR count). The number of hydrogen-bond donors (Lipinski definition) is 1. The SMILES string of the molecule is O=C(Nc1cccnc1)N1CCC(Oc2ccc(OCCCCC3CCCCC3)cc2)CC1. The van der Waals surface area contributed by atoms with Gasteiger partial charge in [0.2, 0.25) is 0 Å². The molecule has 33 heavy (non-hydrogen) atoms. The van der Waals surface area contributed by atoms with Gasteiger partial charge in [0.15, 0.2) is 0 Å². The van der Waals surface area contributed by atoms with Crippen LogP contribution < -0.4 is 14.8 Å². The highest BCUT2D eigenvalue weighted by Crippen LogP contribution is 2.28. The normalized spacial score (nSPS) is 17.5. The summed E-state index contributed by atoms with van der Waals surface area (Å²) < 4.78 is 12.1. The Bertz CT molecular complexity index is 829. The van der Waals surface area contributed by atoms with E-state index in [1.807, 2.05) is 41.3 Å². The minimum atomic E-state index is -0.0818. The zero-order chi connectivity index (χ0) is 22.7. The third-order valence-corrected chi connectivity index (χ3v) is 6.77. The van der Waals surface area contributed by atoms with Crippen LogP contribution in [0.3, 0.4) is 0 Å². The first-order valence-electron chi connectivity index (χ1n) is 12.6. The largest absolute Gasteiger partial charge is 0.494 e. The predicted octanol–water partition coefficient (Wildman–Crippen LogP) is 6.29. The molecule has 2 amide bonds. The van der Waals surface area contributed by atoms with Crippen molar-refractivity contribution in [3.05, 3.63) is 48.8 Å². The number of carbonyl (C=O) groups is 1. The smallest absolute Gasteiger partial charge is 0.321 e. The zero-order valence-electron chi connectivity index (χ0n) is 19.6. The highest BCUT2D eigenvalue weighted by molar-refractivity contribution is 5.89. The zero-order valence-corrected chi connectivity index (χ0v) is 19.6. The lowest BCUT2D eigenvalue weighted by atomic mass is 9.86. The first kappa shape index (κ1) is 23.4. The number of nitrogens with zero attached hydrogens (tertiary/aromatic N) is 2. The number of anilines is 1. The van der Waals surface area contributed by atoms with Gasteiger partial charge in [0.05, 0.1) is 18.5 Å². The molecule has 0 atom stereocenters. The molecule has 0 bridgehead atoms. The number of unbranched alkanes of at least 4 members (excludes halogenated alkanes) is 1. The first-order valence-corrected chi connectivity index (χ1v) is 12.6. The number of amides is 2. The number of nitrogens with one attached hydrogen (secondary N) is 1. The summed E-state index contributed by atoms with van der Waals surface area (Å²) in [5, 5.41) is 2.89. The van der Waals surface area contributed by atoms with Crippen LogP contribution in [-0.2, 0) is 0 Å². The summed E-state index contributed by atoms with van der Waals surface area (Å²) in [6.45, 7) is 2.14. The lowest BCUT2D eigenvalue weighted by Crippen LogP contribution is -2.43. The van der Waals surface area contributed by atoms with Crippen LogP contribution in [0.15, 0.2) is 48.8 Å². The van der Waals surface area contributed by atoms with Crippen molar-refractivity contribution in [1.29, 1.82) is 0 Å². The van der Waals surface area contributed by atoms with Gasteiger partial charge in [-0.25, -0.2) is 4.79 Å². The molecular weight excluding hydrogens is 414 g/mol. The van der Waals surface area contributed by atoms with Crippen molar-refractivity contribution in [2.45, 2.75) is 70.3 Å². The summed E-state index contributed by atoms with van der Waals surface area (Å²) in [7, 11) is 0. The first-order chi connectivity index (χ1) is 16.3. The monoisotopic (exact) mass is 451 g/mol. The van der Waals surface area contributed by atoms with Crippen LogP contribution in [0.5, 0.6) is 11.5 Å². The maximum absolute atomic E-state index is 12.4. The van der Waals surface area contributed by atoms with Crippen molar-refractivity contribution in [2.75, 3.05) is 25.0 Å². The Morgan fingerprint density at radius 1 is 0.970 bits per heavy atom. The molecular formula is C27H37N3O3. The van der Waals surface area contributed by atoms with Gasteiger partial charge in [0.25, 0.3) is 0 Å². The Morgan fingerprint density at radius 3 is 2.45 bits per heavy atom. The molecule has 178 valence electrons. The van der Waals surface area contributed by atoms with Gasteiger partial charge in [0.1, 0.15) is 17.6 Å². The highest BCUT2D eigenvalue weighted by atomic mass is 16.5. The number of pyridine rings is 1. The molecule has 0 unspecified atom stereocenters. The second-order valence-corrected chi connectivity index (χ2v) is 9.30. The average molecular weight is 452 g/mol. The van der Waals surface area contributed by atoms with E-state index in [2.05, 4.69) is 10.3 Å². The molecule has 1 N–H and O–H groups in total. The van der Waals surface area contributed by atoms with E-state index in [-0.39, 0.29) is 12.1 Å². The van der Waals surface area contributed by atoms with Crippen LogP contribution in [0.25, 0.3) is 0 Å². The molecule has 0 radical (unpaired) electrons. The minimum absolute atomic E-state index is 0.0818. The fourth-order valence-electron chi connectivity index (χ4n) is 4.82. The Hall–Kier alpha value is -2.76. The van der Waals surface area contributed by atoms with Crippen molar-refractivity contribution >= 4 is 11.7 Å². The molecule has 2 aliphatic rings. The maximum Gasteiger partial charge on any atom is 0.321 e. The lowest BCUT2D eigenvalue weighted by Gasteiger charge is -2.32. The molecule has 6 nitrogen and oxygen atoms in total. The van der Waals surface area contributed by atoms with E-state index in [0.29, 0.717) is 18.8 Å². The van der Waals surface area contributed by atoms with Crippen LogP contribution >= 0.6 is 0 Å². The molecule has 6 heteroatoms. The van der Waals surface area contributed by atoms with Crippen LogP contribution in [0.1, 0.15) is 64.2 Å². The Morgan fingerprint density at radius 2 is 1.73 bits per heavy atom. The summed E-state index contributed by atoms with van der Waals surface area (Å²) in [4.78, 5) is 18.3. The average Bonchev–Trinajstić information content (AvgIpc) is 2.86. The number of ether oxygens (including phenoxy) is 2. The highest BCUT2D eigenvalue weighted by Gasteiger charge is 2.24. The Balaban J connectivity index is 1.11. The van der Waals surface area contributed by atoms with Crippen LogP contribution in [0.4, 0.5) is 10.5 Å². The van der Waals surface area contributed by atoms with Gasteiger partial charge in [0, 0.05) is 32.1 Å². The summed E-state index contributed by atoms with van der Waals surface area (Å²) in [5.74, 6) is 2.72. The number of rotatable bonds is 9. The van der Waals surface area contributed by atoms with Gasteiger partial charge in [-0.05, 0) is 55.2 Å². The summed E-state index contributed by atoms with van der Waals surface area (Å²) in [5.41, 5.74) is 0.715. The van der Waals surface area contributed by atoms with Crippen molar-refractivity contribution in [3.63, 3.8) is 0 Å². The third kappa shape index (κ3) is 7.65. The molecule has 0 spiro atoms. The van der Waals surface area contributed by atoms with Crippen LogP contribution in [0.2, 0.25) is 0 Å². The molecule has 1 aliphatic heterocycles. The van der Waals surface area contributed by atoms with Crippen molar-refractivity contribution in [3.8, 4) is 11.5 Å². The van der Waals surface area contributed by atoms with Gasteiger partial charge in [-0.15, -0.1) is 0 Å². The molecule has 1 saturated carbocycles. The minimum Gasteiger partial charge on any atom is -0.494 e. The Kier molecular flexibility index (Phi) is 8.84. The topological polar surface area (TPSA) is 63.7 Å². The van der Waals surface area contributed by atoms with Crippen molar-refractivity contribution < 1.29 is 14.3 Å². The number of piperidine rings is 1. The summed E-state index contributed by atoms with van der Waals surface area (Å²) in [6.07, 6.45) is 16.0. The molecule has 2 heterocycles. The van der Waals surface area contributed by atoms with E-state index in [4.69, 9.17) is 9.47 Å². The molecule has 2 aromatic rings. The Labute approximate surface area is 197 Å². The lowest BCUT2D eigenvalue weighted by molar-refractivity contribution is 0.115. The predicted molar refractivity (Wildman–Crippen MR) is 131 cm³/mol. The number of carbonyl (C=O) groups excluding carboxylic acids is 1. The van der Waals surface area contributed by atoms with E-state index < -0.39 is 0 Å². The van der Waals surface area contributed by atoms with E-state index >= 15 is 0 Å². The van der Waals surface area contributed by atoms with Crippen molar-refractivity contribution in [1.82, 2.24) is 9.88 Å². The molecule has 1 saturated heterocycles. The van der Waals surface area contributed by atoms with E-state index in [1.54, 1.807) is 12.4 Å². The van der Waals surface area contributed by atoms with Crippen LogP contribution in [0, 0.1) is 5.92 Å². The second-order valence-electron chi connectivity index (χ2n) is 9.30. The van der Waals surface area contributed by atoms with E-state index in [0.717, 1.165) is 43.3 Å². The molecule has 1 aliphatic carbocycles. The standard InChI is InChI=1S/C27H37N3O3/c31-27(29-23-10-6-17-28-21-23)30-18-15-26(16-19-30)33-25-13-11-24(12-14-25)32-20-5-4-9-22-7-2-1-3-8-22/h6,10-14,17,21-22,26H,1-5,7-9,15-16,18-20H2,(H,29,31). The molecule has 2 fully saturated rings. The maximum atomic E-state index is 12.4. The summed E-state index contributed by atoms with van der Waals surface area (Å²) >= 11 is 0. The summed E-state index contributed by atoms with van der Waals surface area (Å²) in [6, 6.07) is 11.5. The van der Waals surface area contributed by atoms with E-state index in [9.17, 15) is 4.79 Å². The van der Waals surface area contributed by atoms with Crippen LogP contribution in [-0.4, -0.2) is 41.7 Å². The number of urea groups is 1. The second kappa shape index (κ2) is 12.5. The van der Waals surface area contributed by atoms with Gasteiger partial charge >= 0.3 is 6.03 Å². The molecule has 1 aromatic carbocycles. The number of aromatic nitrogens is 1. The number of hydrogen-bond acceptors (Lipinski definition) is 4. The van der Waals surface area contributed by atoms with Gasteiger partial charge < -0.3 is 19.7 Å².